The van der Waals surface area contributed by atoms with E-state index in [1.807, 2.05) is 0 Å². The van der Waals surface area contributed by atoms with Crippen LogP contribution in [0.4, 0.5) is 0 Å². The highest BCUT2D eigenvalue weighted by molar-refractivity contribution is 5.89. The molecule has 2 aliphatic heterocycles. The van der Waals surface area contributed by atoms with Crippen molar-refractivity contribution in [3.63, 3.8) is 0 Å². The Morgan fingerprint density at radius 2 is 1.83 bits per heavy atom. The lowest BCUT2D eigenvalue weighted by molar-refractivity contribution is -0.156. The second-order valence-corrected chi connectivity index (χ2v) is 6.67. The summed E-state index contributed by atoms with van der Waals surface area (Å²) in [7, 11) is 1.51. The van der Waals surface area contributed by atoms with E-state index in [4.69, 9.17) is 23.7 Å². The zero-order valence-electron chi connectivity index (χ0n) is 15.5. The molecule has 10 heteroatoms. The Labute approximate surface area is 164 Å². The van der Waals surface area contributed by atoms with Gasteiger partial charge in [-0.1, -0.05) is 18.2 Å². The molecular formula is C19H20N2O8. The first-order valence-electron chi connectivity index (χ1n) is 9.06. The van der Waals surface area contributed by atoms with Gasteiger partial charge in [0.05, 0.1) is 17.7 Å². The average molecular weight is 404 g/mol. The molecule has 1 aromatic heterocycles. The summed E-state index contributed by atoms with van der Waals surface area (Å²) in [5.74, 6) is -0.497. The fourth-order valence-corrected chi connectivity index (χ4v) is 3.47. The third-order valence-corrected chi connectivity index (χ3v) is 4.77. The lowest BCUT2D eigenvalue weighted by Gasteiger charge is -2.19. The van der Waals surface area contributed by atoms with Crippen LogP contribution >= 0.6 is 0 Å². The third kappa shape index (κ3) is 4.01. The van der Waals surface area contributed by atoms with Crippen molar-refractivity contribution in [3.8, 4) is 0 Å². The Bertz CT molecular complexity index is 972. The summed E-state index contributed by atoms with van der Waals surface area (Å²) < 4.78 is 28.1. The maximum absolute atomic E-state index is 12.2. The van der Waals surface area contributed by atoms with Crippen molar-refractivity contribution in [2.75, 3.05) is 20.3 Å². The zero-order valence-corrected chi connectivity index (χ0v) is 15.5. The molecule has 10 nitrogen and oxygen atoms in total. The first-order valence-corrected chi connectivity index (χ1v) is 9.06. The van der Waals surface area contributed by atoms with E-state index in [0.29, 0.717) is 5.56 Å². The number of aromatic nitrogens is 2. The molecule has 0 bridgehead atoms. The summed E-state index contributed by atoms with van der Waals surface area (Å²) in [4.78, 5) is 40.4. The Kier molecular flexibility index (Phi) is 5.58. The van der Waals surface area contributed by atoms with Crippen LogP contribution in [0.5, 0.6) is 0 Å². The topological polar surface area (TPSA) is 129 Å². The SMILES string of the molecule is COCC1O[C@@H]2[C@H](O1)[C@@H](COC(=O)c1ccccc1)O[C@@H]2c1c[nH]c(=O)[nH]c1=O. The van der Waals surface area contributed by atoms with Crippen LogP contribution in [0.1, 0.15) is 22.0 Å². The summed E-state index contributed by atoms with van der Waals surface area (Å²) >= 11 is 0. The Morgan fingerprint density at radius 3 is 2.55 bits per heavy atom. The molecule has 4 rings (SSSR count). The number of hydrogen-bond acceptors (Lipinski definition) is 8. The molecule has 0 spiro atoms. The highest BCUT2D eigenvalue weighted by Gasteiger charge is 2.54. The highest BCUT2D eigenvalue weighted by Crippen LogP contribution is 2.41. The van der Waals surface area contributed by atoms with Crippen molar-refractivity contribution < 1.29 is 28.5 Å². The smallest absolute Gasteiger partial charge is 0.338 e. The van der Waals surface area contributed by atoms with Crippen molar-refractivity contribution in [3.05, 3.63) is 68.5 Å². The summed E-state index contributed by atoms with van der Waals surface area (Å²) in [6, 6.07) is 8.56. The molecular weight excluding hydrogens is 384 g/mol. The molecule has 0 aliphatic carbocycles. The van der Waals surface area contributed by atoms with Crippen molar-refractivity contribution in [1.82, 2.24) is 9.97 Å². The molecule has 0 amide bonds. The maximum atomic E-state index is 12.2. The summed E-state index contributed by atoms with van der Waals surface area (Å²) in [5, 5.41) is 0. The normalized spacial score (nSPS) is 28.2. The Morgan fingerprint density at radius 1 is 1.07 bits per heavy atom. The first kappa shape index (κ1) is 19.5. The molecule has 2 aliphatic rings. The van der Waals surface area contributed by atoms with Gasteiger partial charge in [0.15, 0.2) is 6.29 Å². The van der Waals surface area contributed by atoms with E-state index in [1.54, 1.807) is 30.3 Å². The number of esters is 1. The van der Waals surface area contributed by atoms with Crippen molar-refractivity contribution in [2.24, 2.45) is 0 Å². The van der Waals surface area contributed by atoms with Crippen molar-refractivity contribution >= 4 is 5.97 Å². The average Bonchev–Trinajstić information content (AvgIpc) is 3.26. The lowest BCUT2D eigenvalue weighted by Crippen LogP contribution is -2.33. The Balaban J connectivity index is 1.52. The number of H-pyrrole nitrogens is 2. The number of rotatable bonds is 6. The number of methoxy groups -OCH3 is 1. The first-order chi connectivity index (χ1) is 14.1. The van der Waals surface area contributed by atoms with Gasteiger partial charge in [0.2, 0.25) is 0 Å². The monoisotopic (exact) mass is 404 g/mol. The van der Waals surface area contributed by atoms with E-state index in [-0.39, 0.29) is 18.8 Å². The summed E-state index contributed by atoms with van der Waals surface area (Å²) in [6.45, 7) is 0.105. The molecule has 154 valence electrons. The molecule has 2 N–H and O–H groups in total. The minimum atomic E-state index is -0.803. The standard InChI is InChI=1S/C19H20N2O8/c1-25-9-13-28-15-12(8-26-18(23)10-5-3-2-4-6-10)27-14(16(15)29-13)11-7-20-19(24)21-17(11)22/h2-7,12-16H,8-9H2,1H3,(H2,20,21,22,24)/t12-,13?,14-,15-,16+/m1/s1. The van der Waals surface area contributed by atoms with Crippen LogP contribution in [-0.2, 0) is 23.7 Å². The van der Waals surface area contributed by atoms with Crippen LogP contribution in [0, 0.1) is 0 Å². The molecule has 3 heterocycles. The van der Waals surface area contributed by atoms with Crippen LogP contribution in [0.15, 0.2) is 46.1 Å². The fourth-order valence-electron chi connectivity index (χ4n) is 3.47. The number of fused-ring (bicyclic) bond motifs is 1. The van der Waals surface area contributed by atoms with Crippen LogP contribution < -0.4 is 11.2 Å². The van der Waals surface area contributed by atoms with Crippen LogP contribution in [0.2, 0.25) is 0 Å². The molecule has 29 heavy (non-hydrogen) atoms. The molecule has 1 unspecified atom stereocenters. The number of ether oxygens (including phenoxy) is 5. The molecule has 1 aromatic carbocycles. The van der Waals surface area contributed by atoms with Gasteiger partial charge in [-0.05, 0) is 12.1 Å². The van der Waals surface area contributed by atoms with Gasteiger partial charge in [-0.25, -0.2) is 9.59 Å². The second kappa shape index (κ2) is 8.29. The van der Waals surface area contributed by atoms with Gasteiger partial charge in [0.25, 0.3) is 5.56 Å². The van der Waals surface area contributed by atoms with Crippen LogP contribution in [0.25, 0.3) is 0 Å². The quantitative estimate of drug-likeness (QED) is 0.650. The van der Waals surface area contributed by atoms with Gasteiger partial charge in [0.1, 0.15) is 31.0 Å². The van der Waals surface area contributed by atoms with Gasteiger partial charge in [-0.3, -0.25) is 9.78 Å². The third-order valence-electron chi connectivity index (χ3n) is 4.77. The van der Waals surface area contributed by atoms with Gasteiger partial charge in [-0.2, -0.15) is 0 Å². The highest BCUT2D eigenvalue weighted by atomic mass is 16.8. The molecule has 0 radical (unpaired) electrons. The largest absolute Gasteiger partial charge is 0.459 e. The van der Waals surface area contributed by atoms with E-state index in [2.05, 4.69) is 9.97 Å². The minimum Gasteiger partial charge on any atom is -0.459 e. The lowest BCUT2D eigenvalue weighted by atomic mass is 10.0. The number of carbonyl (C=O) groups is 1. The van der Waals surface area contributed by atoms with Crippen LogP contribution in [-0.4, -0.2) is 60.9 Å². The molecule has 5 atom stereocenters. The van der Waals surface area contributed by atoms with Crippen LogP contribution in [0.3, 0.4) is 0 Å². The van der Waals surface area contributed by atoms with Gasteiger partial charge in [-0.15, -0.1) is 0 Å². The van der Waals surface area contributed by atoms with Crippen molar-refractivity contribution in [1.29, 1.82) is 0 Å². The molecule has 2 aromatic rings. The van der Waals surface area contributed by atoms with E-state index in [0.717, 1.165) is 0 Å². The number of benzene rings is 1. The number of nitrogens with one attached hydrogen (secondary N) is 2. The summed E-state index contributed by atoms with van der Waals surface area (Å²) in [5.41, 5.74) is -0.601. The van der Waals surface area contributed by atoms with Gasteiger partial charge >= 0.3 is 11.7 Å². The molecule has 2 saturated heterocycles. The van der Waals surface area contributed by atoms with E-state index < -0.39 is 47.9 Å². The number of hydrogen-bond donors (Lipinski definition) is 2. The van der Waals surface area contributed by atoms with E-state index in [1.165, 1.54) is 13.3 Å². The zero-order chi connectivity index (χ0) is 20.4. The van der Waals surface area contributed by atoms with E-state index in [9.17, 15) is 14.4 Å². The molecule has 2 fully saturated rings. The maximum Gasteiger partial charge on any atom is 0.338 e. The predicted octanol–water partition coefficient (Wildman–Crippen LogP) is 0.117. The van der Waals surface area contributed by atoms with E-state index >= 15 is 0 Å². The number of aromatic amines is 2. The number of carbonyl (C=O) groups excluding carboxylic acids is 1. The second-order valence-electron chi connectivity index (χ2n) is 6.67. The molecule has 0 saturated carbocycles. The predicted molar refractivity (Wildman–Crippen MR) is 97.4 cm³/mol. The summed E-state index contributed by atoms with van der Waals surface area (Å²) in [6.07, 6.45) is -2.02. The van der Waals surface area contributed by atoms with Gasteiger partial charge < -0.3 is 28.7 Å². The van der Waals surface area contributed by atoms with Gasteiger partial charge in [0, 0.05) is 13.3 Å². The minimum absolute atomic E-state index is 0.0876. The van der Waals surface area contributed by atoms with Crippen molar-refractivity contribution in [2.45, 2.75) is 30.7 Å². The Hall–Kier alpha value is -2.79. The fraction of sp³-hybridized carbons (Fsp3) is 0.421.